The van der Waals surface area contributed by atoms with Crippen LogP contribution in [0.25, 0.3) is 0 Å². The summed E-state index contributed by atoms with van der Waals surface area (Å²) < 4.78 is 11.3. The molecule has 1 atom stereocenters. The van der Waals surface area contributed by atoms with E-state index in [1.165, 1.54) is 0 Å². The summed E-state index contributed by atoms with van der Waals surface area (Å²) in [6, 6.07) is 0. The second kappa shape index (κ2) is 4.77. The Morgan fingerprint density at radius 2 is 2.40 bits per heavy atom. The first kappa shape index (κ1) is 10.6. The highest BCUT2D eigenvalue weighted by Crippen LogP contribution is 2.30. The fourth-order valence-electron chi connectivity index (χ4n) is 1.94. The summed E-state index contributed by atoms with van der Waals surface area (Å²) in [5.41, 5.74) is 6.48. The van der Waals surface area contributed by atoms with Crippen molar-refractivity contribution >= 4 is 0 Å². The normalized spacial score (nSPS) is 21.1. The summed E-state index contributed by atoms with van der Waals surface area (Å²) in [6.07, 6.45) is 3.90. The van der Waals surface area contributed by atoms with Gasteiger partial charge in [-0.25, -0.2) is 4.98 Å². The van der Waals surface area contributed by atoms with Gasteiger partial charge in [0.2, 0.25) is 0 Å². The number of aryl methyl sites for hydroxylation is 1. The molecule has 0 spiro atoms. The number of oxazole rings is 1. The zero-order chi connectivity index (χ0) is 10.7. The standard InChI is InChI=1S/C11H18N2O2/c1-2-8-11(9-4-3-7-14-9)13-10(15-8)5-6-12/h9H,2-7,12H2,1H3. The molecule has 1 saturated heterocycles. The average molecular weight is 210 g/mol. The van der Waals surface area contributed by atoms with Crippen molar-refractivity contribution < 1.29 is 9.15 Å². The summed E-state index contributed by atoms with van der Waals surface area (Å²) in [5, 5.41) is 0. The monoisotopic (exact) mass is 210 g/mol. The van der Waals surface area contributed by atoms with Gasteiger partial charge in [-0.15, -0.1) is 0 Å². The van der Waals surface area contributed by atoms with Crippen molar-refractivity contribution in [3.63, 3.8) is 0 Å². The molecule has 4 heteroatoms. The van der Waals surface area contributed by atoms with Gasteiger partial charge in [-0.1, -0.05) is 6.92 Å². The van der Waals surface area contributed by atoms with Gasteiger partial charge in [0.25, 0.3) is 0 Å². The number of ether oxygens (including phenoxy) is 1. The first-order valence-corrected chi connectivity index (χ1v) is 5.65. The Kier molecular flexibility index (Phi) is 3.38. The van der Waals surface area contributed by atoms with Crippen LogP contribution in [0.3, 0.4) is 0 Å². The van der Waals surface area contributed by atoms with E-state index >= 15 is 0 Å². The van der Waals surface area contributed by atoms with E-state index in [0.717, 1.165) is 43.2 Å². The fourth-order valence-corrected chi connectivity index (χ4v) is 1.94. The zero-order valence-electron chi connectivity index (χ0n) is 9.16. The molecule has 0 aliphatic carbocycles. The van der Waals surface area contributed by atoms with Crippen molar-refractivity contribution in [1.29, 1.82) is 0 Å². The molecule has 4 nitrogen and oxygen atoms in total. The van der Waals surface area contributed by atoms with Gasteiger partial charge >= 0.3 is 0 Å². The van der Waals surface area contributed by atoms with Crippen LogP contribution >= 0.6 is 0 Å². The van der Waals surface area contributed by atoms with Crippen molar-refractivity contribution in [1.82, 2.24) is 4.98 Å². The molecule has 1 aliphatic heterocycles. The Morgan fingerprint density at radius 1 is 1.53 bits per heavy atom. The van der Waals surface area contributed by atoms with Gasteiger partial charge in [-0.05, 0) is 12.8 Å². The van der Waals surface area contributed by atoms with Gasteiger partial charge in [0.05, 0.1) is 0 Å². The van der Waals surface area contributed by atoms with Crippen molar-refractivity contribution in [2.24, 2.45) is 5.73 Å². The smallest absolute Gasteiger partial charge is 0.195 e. The lowest BCUT2D eigenvalue weighted by Crippen LogP contribution is -2.03. The lowest BCUT2D eigenvalue weighted by molar-refractivity contribution is 0.107. The molecule has 2 N–H and O–H groups in total. The predicted octanol–water partition coefficient (Wildman–Crippen LogP) is 1.59. The predicted molar refractivity (Wildman–Crippen MR) is 56.6 cm³/mol. The van der Waals surface area contributed by atoms with Crippen LogP contribution in [0, 0.1) is 0 Å². The van der Waals surface area contributed by atoms with Gasteiger partial charge in [-0.2, -0.15) is 0 Å². The van der Waals surface area contributed by atoms with Gasteiger partial charge in [0.1, 0.15) is 17.6 Å². The SMILES string of the molecule is CCc1oc(CCN)nc1C1CCCO1. The summed E-state index contributed by atoms with van der Waals surface area (Å²) in [5.74, 6) is 1.71. The molecule has 1 aromatic rings. The Labute approximate surface area is 89.8 Å². The topological polar surface area (TPSA) is 61.3 Å². The third-order valence-corrected chi connectivity index (χ3v) is 2.69. The quantitative estimate of drug-likeness (QED) is 0.819. The largest absolute Gasteiger partial charge is 0.445 e. The van der Waals surface area contributed by atoms with E-state index in [1.54, 1.807) is 0 Å². The minimum Gasteiger partial charge on any atom is -0.445 e. The first-order chi connectivity index (χ1) is 7.35. The van der Waals surface area contributed by atoms with Gasteiger partial charge in [0.15, 0.2) is 5.89 Å². The van der Waals surface area contributed by atoms with E-state index in [2.05, 4.69) is 11.9 Å². The molecular weight excluding hydrogens is 192 g/mol. The van der Waals surface area contributed by atoms with E-state index in [4.69, 9.17) is 14.9 Å². The van der Waals surface area contributed by atoms with Crippen LogP contribution in [-0.4, -0.2) is 18.1 Å². The third-order valence-electron chi connectivity index (χ3n) is 2.69. The van der Waals surface area contributed by atoms with Crippen LogP contribution in [0.5, 0.6) is 0 Å². The highest BCUT2D eigenvalue weighted by molar-refractivity contribution is 5.14. The Morgan fingerprint density at radius 3 is 3.00 bits per heavy atom. The minimum absolute atomic E-state index is 0.148. The summed E-state index contributed by atoms with van der Waals surface area (Å²) in [6.45, 7) is 3.49. The van der Waals surface area contributed by atoms with Crippen LogP contribution in [-0.2, 0) is 17.6 Å². The molecule has 0 bridgehead atoms. The summed E-state index contributed by atoms with van der Waals surface area (Å²) >= 11 is 0. The lowest BCUT2D eigenvalue weighted by atomic mass is 10.1. The molecule has 1 fully saturated rings. The first-order valence-electron chi connectivity index (χ1n) is 5.65. The van der Waals surface area contributed by atoms with Crippen molar-refractivity contribution in [2.45, 2.75) is 38.7 Å². The number of nitrogens with two attached hydrogens (primary N) is 1. The third kappa shape index (κ3) is 2.21. The highest BCUT2D eigenvalue weighted by atomic mass is 16.5. The Balaban J connectivity index is 2.19. The molecule has 1 unspecified atom stereocenters. The molecule has 15 heavy (non-hydrogen) atoms. The maximum atomic E-state index is 5.65. The van der Waals surface area contributed by atoms with Crippen molar-refractivity contribution in [3.05, 3.63) is 17.3 Å². The molecule has 1 aliphatic rings. The average Bonchev–Trinajstić information content (AvgIpc) is 2.84. The number of nitrogens with zero attached hydrogens (tertiary/aromatic N) is 1. The number of aromatic nitrogens is 1. The molecule has 0 amide bonds. The molecule has 0 saturated carbocycles. The second-order valence-corrected chi connectivity index (χ2v) is 3.81. The van der Waals surface area contributed by atoms with E-state index in [0.29, 0.717) is 13.0 Å². The van der Waals surface area contributed by atoms with Crippen molar-refractivity contribution in [3.8, 4) is 0 Å². The molecule has 0 radical (unpaired) electrons. The number of rotatable bonds is 4. The van der Waals surface area contributed by atoms with E-state index in [9.17, 15) is 0 Å². The van der Waals surface area contributed by atoms with Crippen LogP contribution in [0.2, 0.25) is 0 Å². The summed E-state index contributed by atoms with van der Waals surface area (Å²) in [4.78, 5) is 4.48. The Hall–Kier alpha value is -0.870. The zero-order valence-corrected chi connectivity index (χ0v) is 9.16. The van der Waals surface area contributed by atoms with Crippen LogP contribution in [0.15, 0.2) is 4.42 Å². The molecule has 0 aromatic carbocycles. The molecule has 2 heterocycles. The molecular formula is C11H18N2O2. The second-order valence-electron chi connectivity index (χ2n) is 3.81. The van der Waals surface area contributed by atoms with E-state index in [1.807, 2.05) is 0 Å². The summed E-state index contributed by atoms with van der Waals surface area (Å²) in [7, 11) is 0. The van der Waals surface area contributed by atoms with Crippen molar-refractivity contribution in [2.75, 3.05) is 13.2 Å². The number of hydrogen-bond donors (Lipinski definition) is 1. The van der Waals surface area contributed by atoms with E-state index < -0.39 is 0 Å². The Bertz CT molecular complexity index is 316. The molecule has 1 aromatic heterocycles. The maximum absolute atomic E-state index is 5.65. The van der Waals surface area contributed by atoms with Crippen LogP contribution < -0.4 is 5.73 Å². The number of hydrogen-bond acceptors (Lipinski definition) is 4. The molecule has 84 valence electrons. The highest BCUT2D eigenvalue weighted by Gasteiger charge is 2.24. The van der Waals surface area contributed by atoms with Gasteiger partial charge < -0.3 is 14.9 Å². The lowest BCUT2D eigenvalue weighted by Gasteiger charge is -2.05. The van der Waals surface area contributed by atoms with E-state index in [-0.39, 0.29) is 6.10 Å². The van der Waals surface area contributed by atoms with Gasteiger partial charge in [-0.3, -0.25) is 0 Å². The fraction of sp³-hybridized carbons (Fsp3) is 0.727. The molecule has 2 rings (SSSR count). The minimum atomic E-state index is 0.148. The van der Waals surface area contributed by atoms with Gasteiger partial charge in [0, 0.05) is 26.0 Å². The van der Waals surface area contributed by atoms with Crippen LogP contribution in [0.1, 0.15) is 43.2 Å². The maximum Gasteiger partial charge on any atom is 0.195 e. The van der Waals surface area contributed by atoms with Crippen LogP contribution in [0.4, 0.5) is 0 Å².